The molecule has 0 saturated carbocycles. The molecule has 6 nitrogen and oxygen atoms in total. The summed E-state index contributed by atoms with van der Waals surface area (Å²) < 4.78 is 46.9. The van der Waals surface area contributed by atoms with Gasteiger partial charge in [-0.25, -0.2) is 4.98 Å². The molecule has 1 atom stereocenters. The number of fused-ring (bicyclic) bond motifs is 1. The van der Waals surface area contributed by atoms with E-state index in [1.807, 2.05) is 5.32 Å². The van der Waals surface area contributed by atoms with Crippen LogP contribution in [0.4, 0.5) is 13.2 Å². The SMILES string of the molecule is COc1ccc(C(NC(=O)c2c(SC)nc3sccn3c2=O)C(F)(F)F)cc1. The summed E-state index contributed by atoms with van der Waals surface area (Å²) in [6.07, 6.45) is -1.76. The Bertz CT molecular complexity index is 1060. The van der Waals surface area contributed by atoms with E-state index in [4.69, 9.17) is 4.74 Å². The molecule has 1 aromatic carbocycles. The Kier molecular flexibility index (Phi) is 5.66. The topological polar surface area (TPSA) is 72.7 Å². The Hall–Kier alpha value is -2.53. The van der Waals surface area contributed by atoms with Crippen LogP contribution in [-0.4, -0.2) is 34.8 Å². The highest BCUT2D eigenvalue weighted by Crippen LogP contribution is 2.34. The number of aromatic nitrogens is 2. The van der Waals surface area contributed by atoms with E-state index >= 15 is 0 Å². The third-order valence-corrected chi connectivity index (χ3v) is 5.34. The van der Waals surface area contributed by atoms with Crippen LogP contribution in [0.15, 0.2) is 45.7 Å². The average Bonchev–Trinajstić information content (AvgIpc) is 3.14. The van der Waals surface area contributed by atoms with Crippen molar-refractivity contribution in [2.45, 2.75) is 17.2 Å². The smallest absolute Gasteiger partial charge is 0.412 e. The van der Waals surface area contributed by atoms with E-state index in [1.54, 1.807) is 11.6 Å². The van der Waals surface area contributed by atoms with Gasteiger partial charge in [0.05, 0.1) is 7.11 Å². The molecule has 0 aliphatic heterocycles. The number of carbonyl (C=O) groups is 1. The minimum Gasteiger partial charge on any atom is -0.497 e. The van der Waals surface area contributed by atoms with Crippen molar-refractivity contribution in [2.75, 3.05) is 13.4 Å². The molecule has 28 heavy (non-hydrogen) atoms. The van der Waals surface area contributed by atoms with Gasteiger partial charge in [0, 0.05) is 11.6 Å². The maximum Gasteiger partial charge on any atom is 0.412 e. The lowest BCUT2D eigenvalue weighted by molar-refractivity contribution is -0.155. The van der Waals surface area contributed by atoms with Gasteiger partial charge in [0.1, 0.15) is 16.3 Å². The summed E-state index contributed by atoms with van der Waals surface area (Å²) in [7, 11) is 1.39. The molecular formula is C17H14F3N3O3S2. The van der Waals surface area contributed by atoms with Crippen molar-refractivity contribution in [1.29, 1.82) is 0 Å². The Morgan fingerprint density at radius 2 is 2.00 bits per heavy atom. The number of nitrogens with zero attached hydrogens (tertiary/aromatic N) is 2. The first kappa shape index (κ1) is 20.2. The largest absolute Gasteiger partial charge is 0.497 e. The fraction of sp³-hybridized carbons (Fsp3) is 0.235. The second-order valence-corrected chi connectivity index (χ2v) is 7.25. The van der Waals surface area contributed by atoms with Gasteiger partial charge in [-0.15, -0.1) is 23.1 Å². The second-order valence-electron chi connectivity index (χ2n) is 5.58. The van der Waals surface area contributed by atoms with Crippen LogP contribution in [0.25, 0.3) is 4.96 Å². The fourth-order valence-electron chi connectivity index (χ4n) is 2.56. The zero-order valence-electron chi connectivity index (χ0n) is 14.6. The first-order valence-corrected chi connectivity index (χ1v) is 9.92. The van der Waals surface area contributed by atoms with Gasteiger partial charge in [-0.05, 0) is 24.0 Å². The Morgan fingerprint density at radius 3 is 2.57 bits per heavy atom. The van der Waals surface area contributed by atoms with Crippen LogP contribution >= 0.6 is 23.1 Å². The van der Waals surface area contributed by atoms with Gasteiger partial charge in [-0.3, -0.25) is 14.0 Å². The molecule has 3 aromatic rings. The predicted molar refractivity (Wildman–Crippen MR) is 100 cm³/mol. The minimum atomic E-state index is -4.76. The van der Waals surface area contributed by atoms with E-state index < -0.39 is 29.2 Å². The van der Waals surface area contributed by atoms with Crippen molar-refractivity contribution in [3.05, 3.63) is 57.3 Å². The van der Waals surface area contributed by atoms with Crippen LogP contribution in [0.5, 0.6) is 5.75 Å². The van der Waals surface area contributed by atoms with Crippen LogP contribution in [0, 0.1) is 0 Å². The van der Waals surface area contributed by atoms with Crippen molar-refractivity contribution in [3.8, 4) is 5.75 Å². The lowest BCUT2D eigenvalue weighted by Gasteiger charge is -2.22. The van der Waals surface area contributed by atoms with Gasteiger partial charge in [0.15, 0.2) is 11.0 Å². The average molecular weight is 429 g/mol. The number of thioether (sulfide) groups is 1. The van der Waals surface area contributed by atoms with Crippen LogP contribution in [-0.2, 0) is 0 Å². The third kappa shape index (κ3) is 3.85. The summed E-state index contributed by atoms with van der Waals surface area (Å²) in [5, 5.41) is 3.60. The van der Waals surface area contributed by atoms with E-state index in [0.29, 0.717) is 10.7 Å². The minimum absolute atomic E-state index is 0.0700. The first-order chi connectivity index (χ1) is 13.3. The van der Waals surface area contributed by atoms with E-state index in [9.17, 15) is 22.8 Å². The fourth-order valence-corrected chi connectivity index (χ4v) is 3.88. The molecule has 0 aliphatic carbocycles. The molecule has 0 fully saturated rings. The number of hydrogen-bond acceptors (Lipinski definition) is 6. The summed E-state index contributed by atoms with van der Waals surface area (Å²) >= 11 is 2.20. The zero-order valence-corrected chi connectivity index (χ0v) is 16.2. The number of ether oxygens (including phenoxy) is 1. The van der Waals surface area contributed by atoms with Gasteiger partial charge in [-0.2, -0.15) is 13.2 Å². The van der Waals surface area contributed by atoms with Gasteiger partial charge in [0.2, 0.25) is 0 Å². The number of amides is 1. The number of alkyl halides is 3. The van der Waals surface area contributed by atoms with Crippen molar-refractivity contribution >= 4 is 34.0 Å². The van der Waals surface area contributed by atoms with Crippen molar-refractivity contribution in [2.24, 2.45) is 0 Å². The van der Waals surface area contributed by atoms with Crippen molar-refractivity contribution in [1.82, 2.24) is 14.7 Å². The third-order valence-electron chi connectivity index (χ3n) is 3.91. The van der Waals surface area contributed by atoms with Crippen LogP contribution < -0.4 is 15.6 Å². The molecule has 1 N–H and O–H groups in total. The summed E-state index contributed by atoms with van der Waals surface area (Å²) in [5.74, 6) is -0.758. The summed E-state index contributed by atoms with van der Waals surface area (Å²) in [6.45, 7) is 0. The van der Waals surface area contributed by atoms with Crippen molar-refractivity contribution in [3.63, 3.8) is 0 Å². The predicted octanol–water partition coefficient (Wildman–Crippen LogP) is 3.52. The monoisotopic (exact) mass is 429 g/mol. The van der Waals surface area contributed by atoms with Gasteiger partial charge >= 0.3 is 6.18 Å². The molecule has 1 amide bonds. The van der Waals surface area contributed by atoms with E-state index in [1.165, 1.54) is 48.9 Å². The van der Waals surface area contributed by atoms with E-state index in [2.05, 4.69) is 4.98 Å². The summed E-state index contributed by atoms with van der Waals surface area (Å²) in [5.41, 5.74) is -1.33. The van der Waals surface area contributed by atoms with Crippen LogP contribution in [0.2, 0.25) is 0 Å². The highest BCUT2D eigenvalue weighted by atomic mass is 32.2. The molecular weight excluding hydrogens is 415 g/mol. The standard InChI is InChI=1S/C17H14F3N3O3S2/c1-26-10-5-3-9(4-6-10)12(17(18,19)20)21-13(24)11-14(27-2)22-16-23(15(11)25)7-8-28-16/h3-8,12H,1-2H3,(H,21,24). The molecule has 0 radical (unpaired) electrons. The number of halogens is 3. The lowest BCUT2D eigenvalue weighted by Crippen LogP contribution is -2.40. The molecule has 11 heteroatoms. The Balaban J connectivity index is 2.02. The number of methoxy groups -OCH3 is 1. The number of thiazole rings is 1. The summed E-state index contributed by atoms with van der Waals surface area (Å²) in [6, 6.07) is 2.85. The Morgan fingerprint density at radius 1 is 1.32 bits per heavy atom. The molecule has 1 unspecified atom stereocenters. The maximum absolute atomic E-state index is 13.6. The second kappa shape index (κ2) is 7.84. The molecule has 0 spiro atoms. The molecule has 148 valence electrons. The highest BCUT2D eigenvalue weighted by molar-refractivity contribution is 7.98. The normalized spacial score (nSPS) is 12.8. The molecule has 2 heterocycles. The number of nitrogens with one attached hydrogen (secondary N) is 1. The molecule has 3 rings (SSSR count). The lowest BCUT2D eigenvalue weighted by atomic mass is 10.1. The maximum atomic E-state index is 13.6. The highest BCUT2D eigenvalue weighted by Gasteiger charge is 2.42. The molecule has 0 aliphatic rings. The number of hydrogen-bond donors (Lipinski definition) is 1. The van der Waals surface area contributed by atoms with Gasteiger partial charge in [-0.1, -0.05) is 12.1 Å². The molecule has 0 saturated heterocycles. The molecule has 0 bridgehead atoms. The molecule has 2 aromatic heterocycles. The van der Waals surface area contributed by atoms with Crippen molar-refractivity contribution < 1.29 is 22.7 Å². The quantitative estimate of drug-likeness (QED) is 0.496. The first-order valence-electron chi connectivity index (χ1n) is 7.81. The van der Waals surface area contributed by atoms with Gasteiger partial charge in [0.25, 0.3) is 11.5 Å². The van der Waals surface area contributed by atoms with E-state index in [0.717, 1.165) is 16.2 Å². The van der Waals surface area contributed by atoms with Crippen LogP contribution in [0.3, 0.4) is 0 Å². The van der Waals surface area contributed by atoms with Gasteiger partial charge < -0.3 is 10.1 Å². The van der Waals surface area contributed by atoms with Crippen LogP contribution in [0.1, 0.15) is 22.0 Å². The number of rotatable bonds is 5. The Labute approximate surface area is 165 Å². The zero-order chi connectivity index (χ0) is 20.5. The number of carbonyl (C=O) groups excluding carboxylic acids is 1. The number of benzene rings is 1. The summed E-state index contributed by atoms with van der Waals surface area (Å²) in [4.78, 5) is 29.8. The van der Waals surface area contributed by atoms with E-state index in [-0.39, 0.29) is 10.6 Å².